The molecule has 0 amide bonds. The average molecular weight is 177 g/mol. The van der Waals surface area contributed by atoms with E-state index in [1.54, 1.807) is 0 Å². The van der Waals surface area contributed by atoms with Gasteiger partial charge in [-0.3, -0.25) is 0 Å². The topological polar surface area (TPSA) is 20.2 Å². The SMILES string of the molecule is C[C@H]1CC[C@@H](C(C)(C)Cl)[C@@H]1O. The van der Waals surface area contributed by atoms with Gasteiger partial charge in [-0.2, -0.15) is 0 Å². The average Bonchev–Trinajstić information content (AvgIpc) is 2.11. The van der Waals surface area contributed by atoms with Gasteiger partial charge in [0.05, 0.1) is 6.10 Å². The van der Waals surface area contributed by atoms with Gasteiger partial charge in [-0.15, -0.1) is 11.6 Å². The lowest BCUT2D eigenvalue weighted by atomic mass is 9.90. The lowest BCUT2D eigenvalue weighted by molar-refractivity contribution is 0.0837. The lowest BCUT2D eigenvalue weighted by Gasteiger charge is -2.28. The van der Waals surface area contributed by atoms with Gasteiger partial charge >= 0.3 is 0 Å². The predicted molar refractivity (Wildman–Crippen MR) is 47.8 cm³/mol. The van der Waals surface area contributed by atoms with Crippen LogP contribution in [0.15, 0.2) is 0 Å². The van der Waals surface area contributed by atoms with Crippen molar-refractivity contribution in [3.63, 3.8) is 0 Å². The van der Waals surface area contributed by atoms with Crippen LogP contribution in [0.3, 0.4) is 0 Å². The largest absolute Gasteiger partial charge is 0.392 e. The van der Waals surface area contributed by atoms with Gasteiger partial charge in [0.15, 0.2) is 0 Å². The van der Waals surface area contributed by atoms with Crippen LogP contribution in [0.1, 0.15) is 33.6 Å². The van der Waals surface area contributed by atoms with E-state index in [1.165, 1.54) is 0 Å². The van der Waals surface area contributed by atoms with Crippen molar-refractivity contribution in [3.8, 4) is 0 Å². The zero-order valence-electron chi connectivity index (χ0n) is 7.47. The second-order valence-corrected chi connectivity index (χ2v) is 5.19. The second-order valence-electron chi connectivity index (χ2n) is 4.22. The monoisotopic (exact) mass is 176 g/mol. The molecule has 1 saturated carbocycles. The summed E-state index contributed by atoms with van der Waals surface area (Å²) in [4.78, 5) is -0.246. The molecule has 1 N–H and O–H groups in total. The molecule has 11 heavy (non-hydrogen) atoms. The van der Waals surface area contributed by atoms with Crippen LogP contribution in [-0.2, 0) is 0 Å². The van der Waals surface area contributed by atoms with E-state index in [1.807, 2.05) is 13.8 Å². The molecule has 0 aromatic carbocycles. The Morgan fingerprint density at radius 1 is 1.36 bits per heavy atom. The maximum atomic E-state index is 9.71. The third kappa shape index (κ3) is 1.88. The highest BCUT2D eigenvalue weighted by molar-refractivity contribution is 6.23. The van der Waals surface area contributed by atoms with Crippen molar-refractivity contribution in [1.82, 2.24) is 0 Å². The van der Waals surface area contributed by atoms with Crippen LogP contribution in [0.5, 0.6) is 0 Å². The number of aliphatic hydroxyl groups is 1. The first-order valence-electron chi connectivity index (χ1n) is 4.30. The van der Waals surface area contributed by atoms with Crippen LogP contribution in [0.25, 0.3) is 0 Å². The maximum absolute atomic E-state index is 9.71. The van der Waals surface area contributed by atoms with E-state index in [9.17, 15) is 5.11 Å². The standard InChI is InChI=1S/C9H17ClO/c1-6-4-5-7(8(6)11)9(2,3)10/h6-8,11H,4-5H2,1-3H3/t6-,7+,8+/m0/s1. The number of rotatable bonds is 1. The number of hydrogen-bond acceptors (Lipinski definition) is 1. The minimum Gasteiger partial charge on any atom is -0.392 e. The Hall–Kier alpha value is 0.250. The number of aliphatic hydroxyl groups excluding tert-OH is 1. The Morgan fingerprint density at radius 3 is 2.09 bits per heavy atom. The fourth-order valence-electron chi connectivity index (χ4n) is 1.93. The van der Waals surface area contributed by atoms with E-state index in [0.29, 0.717) is 5.92 Å². The quantitative estimate of drug-likeness (QED) is 0.609. The predicted octanol–water partition coefficient (Wildman–Crippen LogP) is 2.41. The van der Waals surface area contributed by atoms with Crippen molar-refractivity contribution in [2.24, 2.45) is 11.8 Å². The molecule has 1 fully saturated rings. The summed E-state index contributed by atoms with van der Waals surface area (Å²) in [6, 6.07) is 0. The lowest BCUT2D eigenvalue weighted by Crippen LogP contribution is -2.33. The zero-order valence-corrected chi connectivity index (χ0v) is 8.23. The van der Waals surface area contributed by atoms with E-state index >= 15 is 0 Å². The summed E-state index contributed by atoms with van der Waals surface area (Å²) in [7, 11) is 0. The Kier molecular flexibility index (Phi) is 2.50. The first-order valence-corrected chi connectivity index (χ1v) is 4.67. The Balaban J connectivity index is 2.62. The molecule has 1 aliphatic rings. The van der Waals surface area contributed by atoms with Crippen molar-refractivity contribution in [1.29, 1.82) is 0 Å². The van der Waals surface area contributed by atoms with Crippen LogP contribution in [0.4, 0.5) is 0 Å². The summed E-state index contributed by atoms with van der Waals surface area (Å²) in [5.74, 6) is 0.706. The fraction of sp³-hybridized carbons (Fsp3) is 1.00. The van der Waals surface area contributed by atoms with Crippen molar-refractivity contribution in [2.45, 2.75) is 44.6 Å². The van der Waals surface area contributed by atoms with E-state index in [2.05, 4.69) is 6.92 Å². The summed E-state index contributed by atoms with van der Waals surface area (Å²) < 4.78 is 0. The van der Waals surface area contributed by atoms with Crippen molar-refractivity contribution < 1.29 is 5.11 Å². The smallest absolute Gasteiger partial charge is 0.0610 e. The molecule has 0 aromatic heterocycles. The van der Waals surface area contributed by atoms with Crippen molar-refractivity contribution >= 4 is 11.6 Å². The molecule has 3 atom stereocenters. The first-order chi connectivity index (χ1) is 4.93. The van der Waals surface area contributed by atoms with E-state index in [-0.39, 0.29) is 16.9 Å². The van der Waals surface area contributed by atoms with Gasteiger partial charge in [0, 0.05) is 10.8 Å². The van der Waals surface area contributed by atoms with Crippen molar-refractivity contribution in [3.05, 3.63) is 0 Å². The molecule has 0 heterocycles. The number of halogens is 1. The van der Waals surface area contributed by atoms with E-state index < -0.39 is 0 Å². The minimum atomic E-state index is -0.246. The summed E-state index contributed by atoms with van der Waals surface area (Å²) in [5, 5.41) is 9.71. The third-order valence-corrected chi connectivity index (χ3v) is 3.09. The normalized spacial score (nSPS) is 39.5. The molecule has 0 bridgehead atoms. The van der Waals surface area contributed by atoms with Gasteiger partial charge in [0.1, 0.15) is 0 Å². The van der Waals surface area contributed by atoms with Gasteiger partial charge in [0.2, 0.25) is 0 Å². The molecule has 0 aliphatic heterocycles. The van der Waals surface area contributed by atoms with Crippen LogP contribution < -0.4 is 0 Å². The highest BCUT2D eigenvalue weighted by Crippen LogP contribution is 2.40. The highest BCUT2D eigenvalue weighted by Gasteiger charge is 2.40. The molecule has 0 unspecified atom stereocenters. The van der Waals surface area contributed by atoms with Crippen LogP contribution in [0.2, 0.25) is 0 Å². The Bertz CT molecular complexity index is 139. The third-order valence-electron chi connectivity index (χ3n) is 2.81. The molecule has 0 spiro atoms. The molecule has 0 radical (unpaired) electrons. The molecule has 0 saturated heterocycles. The molecule has 2 heteroatoms. The maximum Gasteiger partial charge on any atom is 0.0610 e. The number of alkyl halides is 1. The summed E-state index contributed by atoms with van der Waals surface area (Å²) in [6.45, 7) is 6.06. The molecule has 66 valence electrons. The van der Waals surface area contributed by atoms with Crippen LogP contribution in [0, 0.1) is 11.8 Å². The van der Waals surface area contributed by atoms with E-state index in [4.69, 9.17) is 11.6 Å². The summed E-state index contributed by atoms with van der Waals surface area (Å²) in [6.07, 6.45) is 1.99. The van der Waals surface area contributed by atoms with Gasteiger partial charge in [-0.1, -0.05) is 6.92 Å². The molecule has 1 nitrogen and oxygen atoms in total. The van der Waals surface area contributed by atoms with Crippen molar-refractivity contribution in [2.75, 3.05) is 0 Å². The van der Waals surface area contributed by atoms with Crippen LogP contribution in [-0.4, -0.2) is 16.1 Å². The highest BCUT2D eigenvalue weighted by atomic mass is 35.5. The minimum absolute atomic E-state index is 0.192. The first kappa shape index (κ1) is 9.34. The van der Waals surface area contributed by atoms with Gasteiger partial charge in [-0.25, -0.2) is 0 Å². The molecule has 1 rings (SSSR count). The van der Waals surface area contributed by atoms with E-state index in [0.717, 1.165) is 12.8 Å². The fourth-order valence-corrected chi connectivity index (χ4v) is 2.17. The van der Waals surface area contributed by atoms with Crippen LogP contribution >= 0.6 is 11.6 Å². The zero-order chi connectivity index (χ0) is 8.65. The van der Waals surface area contributed by atoms with Gasteiger partial charge in [0.25, 0.3) is 0 Å². The number of hydrogen-bond donors (Lipinski definition) is 1. The molecule has 1 aliphatic carbocycles. The van der Waals surface area contributed by atoms with Gasteiger partial charge < -0.3 is 5.11 Å². The second kappa shape index (κ2) is 2.95. The summed E-state index contributed by atoms with van der Waals surface area (Å²) >= 11 is 6.14. The van der Waals surface area contributed by atoms with Gasteiger partial charge in [-0.05, 0) is 32.6 Å². The molecular weight excluding hydrogens is 160 g/mol. The Morgan fingerprint density at radius 2 is 1.91 bits per heavy atom. The Labute approximate surface area is 73.8 Å². The molecular formula is C9H17ClO. The molecule has 0 aromatic rings. The summed E-state index contributed by atoms with van der Waals surface area (Å²) in [5.41, 5.74) is 0.